The van der Waals surface area contributed by atoms with Crippen molar-refractivity contribution < 1.29 is 9.53 Å². The zero-order chi connectivity index (χ0) is 16.4. The molecule has 2 aromatic carbocycles. The molecule has 1 N–H and O–H groups in total. The zero-order valence-corrected chi connectivity index (χ0v) is 13.6. The van der Waals surface area contributed by atoms with Crippen LogP contribution in [-0.4, -0.2) is 12.5 Å². The first-order valence-electron chi connectivity index (χ1n) is 7.92. The number of hydrogen-bond acceptors (Lipinski definition) is 2. The molecule has 2 aromatic rings. The van der Waals surface area contributed by atoms with E-state index in [-0.39, 0.29) is 5.91 Å². The molecular weight excluding hydrogens is 286 g/mol. The Labute approximate surface area is 137 Å². The Balaban J connectivity index is 2.03. The summed E-state index contributed by atoms with van der Waals surface area (Å²) in [6.45, 7) is 8.55. The normalized spacial score (nSPS) is 12.7. The zero-order valence-electron chi connectivity index (χ0n) is 13.6. The van der Waals surface area contributed by atoms with Gasteiger partial charge in [0.2, 0.25) is 5.91 Å². The SMILES string of the molecule is C=CC(=O)Nc1cc2c(c(-c3ccc(C(C)C)cc3)c1)OCC2. The standard InChI is InChI=1S/C20H21NO2/c1-4-19(22)21-17-11-16-9-10-23-20(16)18(12-17)15-7-5-14(6-8-15)13(2)3/h4-8,11-13H,1,9-10H2,2-3H3,(H,21,22). The molecule has 0 aromatic heterocycles. The van der Waals surface area contributed by atoms with Crippen LogP contribution in [0, 0.1) is 0 Å². The van der Waals surface area contributed by atoms with E-state index in [0.29, 0.717) is 12.5 Å². The second-order valence-corrected chi connectivity index (χ2v) is 6.08. The molecular formula is C20H21NO2. The lowest BCUT2D eigenvalue weighted by Crippen LogP contribution is -2.07. The number of amides is 1. The molecule has 1 aliphatic heterocycles. The van der Waals surface area contributed by atoms with Gasteiger partial charge in [-0.05, 0) is 35.3 Å². The van der Waals surface area contributed by atoms with E-state index >= 15 is 0 Å². The fourth-order valence-corrected chi connectivity index (χ4v) is 2.84. The van der Waals surface area contributed by atoms with Crippen molar-refractivity contribution >= 4 is 11.6 Å². The minimum atomic E-state index is -0.204. The van der Waals surface area contributed by atoms with Gasteiger partial charge in [0, 0.05) is 23.2 Å². The van der Waals surface area contributed by atoms with Gasteiger partial charge in [-0.1, -0.05) is 44.7 Å². The molecule has 3 heteroatoms. The summed E-state index contributed by atoms with van der Waals surface area (Å²) < 4.78 is 5.82. The van der Waals surface area contributed by atoms with E-state index in [1.165, 1.54) is 11.6 Å². The van der Waals surface area contributed by atoms with E-state index < -0.39 is 0 Å². The number of rotatable bonds is 4. The van der Waals surface area contributed by atoms with E-state index in [2.05, 4.69) is 50.0 Å². The van der Waals surface area contributed by atoms with Crippen molar-refractivity contribution in [2.75, 3.05) is 11.9 Å². The van der Waals surface area contributed by atoms with Crippen LogP contribution in [0.5, 0.6) is 5.75 Å². The summed E-state index contributed by atoms with van der Waals surface area (Å²) in [5.74, 6) is 1.23. The Bertz CT molecular complexity index is 745. The minimum Gasteiger partial charge on any atom is -0.492 e. The van der Waals surface area contributed by atoms with Crippen molar-refractivity contribution in [2.45, 2.75) is 26.2 Å². The second-order valence-electron chi connectivity index (χ2n) is 6.08. The number of carbonyl (C=O) groups excluding carboxylic acids is 1. The third-order valence-electron chi connectivity index (χ3n) is 4.12. The lowest BCUT2D eigenvalue weighted by atomic mass is 9.96. The number of hydrogen-bond donors (Lipinski definition) is 1. The fraction of sp³-hybridized carbons (Fsp3) is 0.250. The van der Waals surface area contributed by atoms with E-state index in [1.807, 2.05) is 12.1 Å². The van der Waals surface area contributed by atoms with Crippen LogP contribution >= 0.6 is 0 Å². The van der Waals surface area contributed by atoms with Gasteiger partial charge in [-0.3, -0.25) is 4.79 Å². The van der Waals surface area contributed by atoms with Crippen molar-refractivity contribution in [3.8, 4) is 16.9 Å². The van der Waals surface area contributed by atoms with E-state index in [9.17, 15) is 4.79 Å². The van der Waals surface area contributed by atoms with Crippen LogP contribution in [0.4, 0.5) is 5.69 Å². The number of fused-ring (bicyclic) bond motifs is 1. The van der Waals surface area contributed by atoms with Crippen LogP contribution in [0.3, 0.4) is 0 Å². The molecule has 0 spiro atoms. The maximum atomic E-state index is 11.6. The maximum Gasteiger partial charge on any atom is 0.247 e. The molecule has 0 unspecified atom stereocenters. The highest BCUT2D eigenvalue weighted by molar-refractivity contribution is 5.99. The first-order chi connectivity index (χ1) is 11.1. The molecule has 0 saturated heterocycles. The Morgan fingerprint density at radius 2 is 2.00 bits per heavy atom. The monoisotopic (exact) mass is 307 g/mol. The van der Waals surface area contributed by atoms with Crippen molar-refractivity contribution in [3.63, 3.8) is 0 Å². The van der Waals surface area contributed by atoms with Crippen LogP contribution in [0.25, 0.3) is 11.1 Å². The summed E-state index contributed by atoms with van der Waals surface area (Å²) >= 11 is 0. The largest absolute Gasteiger partial charge is 0.492 e. The fourth-order valence-electron chi connectivity index (χ4n) is 2.84. The number of ether oxygens (including phenoxy) is 1. The molecule has 3 nitrogen and oxygen atoms in total. The summed E-state index contributed by atoms with van der Waals surface area (Å²) in [5.41, 5.74) is 5.34. The van der Waals surface area contributed by atoms with Gasteiger partial charge in [-0.15, -0.1) is 0 Å². The minimum absolute atomic E-state index is 0.204. The Kier molecular flexibility index (Phi) is 4.20. The molecule has 0 saturated carbocycles. The Morgan fingerprint density at radius 3 is 2.65 bits per heavy atom. The number of nitrogens with one attached hydrogen (secondary N) is 1. The molecule has 118 valence electrons. The number of anilines is 1. The van der Waals surface area contributed by atoms with Crippen molar-refractivity contribution in [3.05, 3.63) is 60.2 Å². The summed E-state index contributed by atoms with van der Waals surface area (Å²) in [6.07, 6.45) is 2.14. The molecule has 0 aliphatic carbocycles. The van der Waals surface area contributed by atoms with Crippen LogP contribution in [0.2, 0.25) is 0 Å². The summed E-state index contributed by atoms with van der Waals surface area (Å²) in [7, 11) is 0. The third kappa shape index (κ3) is 3.14. The molecule has 3 rings (SSSR count). The lowest BCUT2D eigenvalue weighted by molar-refractivity contribution is -0.111. The van der Waals surface area contributed by atoms with Gasteiger partial charge >= 0.3 is 0 Å². The van der Waals surface area contributed by atoms with E-state index in [4.69, 9.17) is 4.74 Å². The average Bonchev–Trinajstić information content (AvgIpc) is 3.02. The Morgan fingerprint density at radius 1 is 1.26 bits per heavy atom. The molecule has 1 aliphatic rings. The average molecular weight is 307 g/mol. The molecule has 0 fully saturated rings. The van der Waals surface area contributed by atoms with Gasteiger partial charge in [-0.2, -0.15) is 0 Å². The highest BCUT2D eigenvalue weighted by atomic mass is 16.5. The maximum absolute atomic E-state index is 11.6. The van der Waals surface area contributed by atoms with Crippen molar-refractivity contribution in [2.24, 2.45) is 0 Å². The van der Waals surface area contributed by atoms with Gasteiger partial charge in [0.15, 0.2) is 0 Å². The molecule has 0 bridgehead atoms. The van der Waals surface area contributed by atoms with Gasteiger partial charge in [-0.25, -0.2) is 0 Å². The predicted molar refractivity (Wildman–Crippen MR) is 94.0 cm³/mol. The van der Waals surface area contributed by atoms with Gasteiger partial charge in [0.05, 0.1) is 6.61 Å². The molecule has 23 heavy (non-hydrogen) atoms. The van der Waals surface area contributed by atoms with Gasteiger partial charge < -0.3 is 10.1 Å². The number of carbonyl (C=O) groups is 1. The van der Waals surface area contributed by atoms with Gasteiger partial charge in [0.1, 0.15) is 5.75 Å². The van der Waals surface area contributed by atoms with Crippen LogP contribution < -0.4 is 10.1 Å². The number of benzene rings is 2. The molecule has 1 amide bonds. The van der Waals surface area contributed by atoms with Crippen LogP contribution in [-0.2, 0) is 11.2 Å². The molecule has 0 atom stereocenters. The summed E-state index contributed by atoms with van der Waals surface area (Å²) in [5, 5.41) is 2.85. The van der Waals surface area contributed by atoms with Gasteiger partial charge in [0.25, 0.3) is 0 Å². The first-order valence-corrected chi connectivity index (χ1v) is 7.92. The van der Waals surface area contributed by atoms with E-state index in [0.717, 1.165) is 34.5 Å². The summed E-state index contributed by atoms with van der Waals surface area (Å²) in [4.78, 5) is 11.6. The first kappa shape index (κ1) is 15.3. The highest BCUT2D eigenvalue weighted by Crippen LogP contribution is 2.39. The smallest absolute Gasteiger partial charge is 0.247 e. The Hall–Kier alpha value is -2.55. The third-order valence-corrected chi connectivity index (χ3v) is 4.12. The van der Waals surface area contributed by atoms with Crippen molar-refractivity contribution in [1.82, 2.24) is 0 Å². The van der Waals surface area contributed by atoms with E-state index in [1.54, 1.807) is 0 Å². The predicted octanol–water partition coefficient (Wildman–Crippen LogP) is 4.54. The highest BCUT2D eigenvalue weighted by Gasteiger charge is 2.19. The van der Waals surface area contributed by atoms with Crippen molar-refractivity contribution in [1.29, 1.82) is 0 Å². The molecule has 0 radical (unpaired) electrons. The quantitative estimate of drug-likeness (QED) is 0.842. The molecule has 1 heterocycles. The topological polar surface area (TPSA) is 38.3 Å². The van der Waals surface area contributed by atoms with Crippen LogP contribution in [0.1, 0.15) is 30.9 Å². The van der Waals surface area contributed by atoms with Crippen LogP contribution in [0.15, 0.2) is 49.1 Å². The lowest BCUT2D eigenvalue weighted by Gasteiger charge is -2.13. The second kappa shape index (κ2) is 6.29. The summed E-state index contributed by atoms with van der Waals surface area (Å²) in [6, 6.07) is 12.5.